The van der Waals surface area contributed by atoms with Crippen LogP contribution in [0.15, 0.2) is 60.3 Å². The van der Waals surface area contributed by atoms with Gasteiger partial charge in [0.15, 0.2) is 0 Å². The highest BCUT2D eigenvalue weighted by Gasteiger charge is 2.18. The third-order valence-electron chi connectivity index (χ3n) is 3.35. The first kappa shape index (κ1) is 16.9. The summed E-state index contributed by atoms with van der Waals surface area (Å²) in [5, 5.41) is 22.6. The van der Waals surface area contributed by atoms with Crippen molar-refractivity contribution in [2.24, 2.45) is 0 Å². The van der Waals surface area contributed by atoms with Crippen LogP contribution < -0.4 is 5.32 Å². The molecule has 0 heterocycles. The van der Waals surface area contributed by atoms with Gasteiger partial charge in [0.1, 0.15) is 5.70 Å². The molecule has 24 heavy (non-hydrogen) atoms. The zero-order valence-corrected chi connectivity index (χ0v) is 12.7. The molecule has 7 nitrogen and oxygen atoms in total. The zero-order valence-electron chi connectivity index (χ0n) is 12.7. The van der Waals surface area contributed by atoms with E-state index in [1.165, 1.54) is 25.1 Å². The van der Waals surface area contributed by atoms with Gasteiger partial charge < -0.3 is 10.4 Å². The maximum atomic E-state index is 12.2. The molecule has 2 aromatic rings. The topological polar surface area (TPSA) is 110 Å². The van der Waals surface area contributed by atoms with Crippen molar-refractivity contribution in [1.82, 2.24) is 5.32 Å². The third-order valence-corrected chi connectivity index (χ3v) is 3.35. The Morgan fingerprint density at radius 3 is 2.25 bits per heavy atom. The molecule has 0 aliphatic carbocycles. The van der Waals surface area contributed by atoms with Crippen molar-refractivity contribution in [1.29, 1.82) is 0 Å². The smallest absolute Gasteiger partial charge is 0.352 e. The fourth-order valence-electron chi connectivity index (χ4n) is 2.08. The lowest BCUT2D eigenvalue weighted by atomic mass is 10.0. The molecule has 2 aromatic carbocycles. The molecule has 2 N–H and O–H groups in total. The van der Waals surface area contributed by atoms with Crippen molar-refractivity contribution in [3.8, 4) is 0 Å². The lowest BCUT2D eigenvalue weighted by Gasteiger charge is -2.10. The van der Waals surface area contributed by atoms with Gasteiger partial charge in [0.2, 0.25) is 0 Å². The minimum atomic E-state index is -1.33. The Hall–Kier alpha value is -3.48. The van der Waals surface area contributed by atoms with E-state index in [-0.39, 0.29) is 17.0 Å². The molecule has 0 radical (unpaired) electrons. The molecule has 0 aliphatic rings. The highest BCUT2D eigenvalue weighted by molar-refractivity contribution is 6.04. The molecule has 0 aromatic heterocycles. The minimum Gasteiger partial charge on any atom is -0.477 e. The highest BCUT2D eigenvalue weighted by atomic mass is 16.6. The summed E-state index contributed by atoms with van der Waals surface area (Å²) >= 11 is 0. The van der Waals surface area contributed by atoms with E-state index in [4.69, 9.17) is 0 Å². The van der Waals surface area contributed by atoms with Crippen LogP contribution >= 0.6 is 0 Å². The number of benzene rings is 2. The van der Waals surface area contributed by atoms with Gasteiger partial charge in [0.05, 0.1) is 4.92 Å². The first-order valence-electron chi connectivity index (χ1n) is 6.95. The average molecular weight is 326 g/mol. The number of nitro groups is 1. The first-order valence-corrected chi connectivity index (χ1v) is 6.95. The summed E-state index contributed by atoms with van der Waals surface area (Å²) in [5.41, 5.74) is 0.379. The van der Waals surface area contributed by atoms with Gasteiger partial charge in [-0.15, -0.1) is 0 Å². The predicted molar refractivity (Wildman–Crippen MR) is 87.2 cm³/mol. The number of carboxylic acid groups (broad SMARTS) is 1. The van der Waals surface area contributed by atoms with E-state index in [0.717, 1.165) is 0 Å². The number of hydrogen-bond acceptors (Lipinski definition) is 4. The Kier molecular flexibility index (Phi) is 5.06. The fourth-order valence-corrected chi connectivity index (χ4v) is 2.08. The molecule has 2 rings (SSSR count). The average Bonchev–Trinajstić information content (AvgIpc) is 2.59. The van der Waals surface area contributed by atoms with Crippen LogP contribution in [0, 0.1) is 10.1 Å². The summed E-state index contributed by atoms with van der Waals surface area (Å²) in [4.78, 5) is 33.9. The molecular formula is C17H14N2O5. The number of amides is 1. The largest absolute Gasteiger partial charge is 0.477 e. The zero-order chi connectivity index (χ0) is 17.7. The second-order valence-electron chi connectivity index (χ2n) is 4.93. The molecule has 7 heteroatoms. The van der Waals surface area contributed by atoms with Crippen molar-refractivity contribution in [3.63, 3.8) is 0 Å². The molecule has 0 bridgehead atoms. The number of hydrogen-bond donors (Lipinski definition) is 2. The SMILES string of the molecule is CC(=C(NC(=O)c1ccccc1)C(=O)O)c1cccc([N+](=O)[O-])c1. The molecule has 0 aliphatic heterocycles. The fraction of sp³-hybridized carbons (Fsp3) is 0.0588. The summed E-state index contributed by atoms with van der Waals surface area (Å²) in [5.74, 6) is -1.90. The van der Waals surface area contributed by atoms with Crippen molar-refractivity contribution in [2.75, 3.05) is 0 Å². The number of nitro benzene ring substituents is 1. The minimum absolute atomic E-state index is 0.161. The number of allylic oxidation sites excluding steroid dienone is 1. The number of carbonyl (C=O) groups is 2. The van der Waals surface area contributed by atoms with Crippen LogP contribution in [-0.4, -0.2) is 21.9 Å². The Bertz CT molecular complexity index is 828. The third kappa shape index (κ3) is 3.83. The van der Waals surface area contributed by atoms with E-state index in [2.05, 4.69) is 5.32 Å². The van der Waals surface area contributed by atoms with Crippen LogP contribution in [-0.2, 0) is 4.79 Å². The number of non-ortho nitro benzene ring substituents is 1. The van der Waals surface area contributed by atoms with Crippen LogP contribution in [0.4, 0.5) is 5.69 Å². The van der Waals surface area contributed by atoms with Crippen LogP contribution in [0.5, 0.6) is 0 Å². The molecule has 122 valence electrons. The van der Waals surface area contributed by atoms with Gasteiger partial charge in [-0.3, -0.25) is 14.9 Å². The molecule has 1 amide bonds. The predicted octanol–water partition coefficient (Wildman–Crippen LogP) is 2.84. The number of nitrogens with zero attached hydrogens (tertiary/aromatic N) is 1. The van der Waals surface area contributed by atoms with E-state index in [9.17, 15) is 24.8 Å². The van der Waals surface area contributed by atoms with E-state index in [0.29, 0.717) is 11.1 Å². The summed E-state index contributed by atoms with van der Waals surface area (Å²) in [7, 11) is 0. The normalized spacial score (nSPS) is 11.4. The molecule has 0 atom stereocenters. The van der Waals surface area contributed by atoms with Gasteiger partial charge in [0, 0.05) is 17.7 Å². The quantitative estimate of drug-likeness (QED) is 0.499. The van der Waals surface area contributed by atoms with Crippen LogP contribution in [0.25, 0.3) is 5.57 Å². The number of carboxylic acids is 1. The van der Waals surface area contributed by atoms with E-state index >= 15 is 0 Å². The lowest BCUT2D eigenvalue weighted by Crippen LogP contribution is -2.28. The van der Waals surface area contributed by atoms with Gasteiger partial charge in [0.25, 0.3) is 11.6 Å². The highest BCUT2D eigenvalue weighted by Crippen LogP contribution is 2.22. The second kappa shape index (κ2) is 7.19. The van der Waals surface area contributed by atoms with Crippen molar-refractivity contribution in [2.45, 2.75) is 6.92 Å². The second-order valence-corrected chi connectivity index (χ2v) is 4.93. The van der Waals surface area contributed by atoms with Crippen LogP contribution in [0.2, 0.25) is 0 Å². The number of rotatable bonds is 5. The monoisotopic (exact) mass is 326 g/mol. The first-order chi connectivity index (χ1) is 11.4. The van der Waals surface area contributed by atoms with E-state index < -0.39 is 16.8 Å². The Morgan fingerprint density at radius 2 is 1.67 bits per heavy atom. The van der Waals surface area contributed by atoms with Gasteiger partial charge in [-0.1, -0.05) is 30.3 Å². The Labute approximate surface area is 137 Å². The summed E-state index contributed by atoms with van der Waals surface area (Å²) in [6.45, 7) is 1.48. The maximum Gasteiger partial charge on any atom is 0.352 e. The Morgan fingerprint density at radius 1 is 1.04 bits per heavy atom. The van der Waals surface area contributed by atoms with Gasteiger partial charge in [-0.05, 0) is 30.2 Å². The molecule has 0 fully saturated rings. The molecule has 0 unspecified atom stereocenters. The Balaban J connectivity index is 2.40. The standard InChI is InChI=1S/C17H14N2O5/c1-11(13-8-5-9-14(10-13)19(23)24)15(17(21)22)18-16(20)12-6-3-2-4-7-12/h2-10H,1H3,(H,18,20)(H,21,22). The summed E-state index contributed by atoms with van der Waals surface area (Å²) in [6.07, 6.45) is 0. The van der Waals surface area contributed by atoms with Gasteiger partial charge >= 0.3 is 5.97 Å². The van der Waals surface area contributed by atoms with Crippen molar-refractivity contribution >= 4 is 23.1 Å². The summed E-state index contributed by atoms with van der Waals surface area (Å²) in [6, 6.07) is 13.7. The maximum absolute atomic E-state index is 12.2. The molecule has 0 spiro atoms. The van der Waals surface area contributed by atoms with E-state index in [1.54, 1.807) is 36.4 Å². The summed E-state index contributed by atoms with van der Waals surface area (Å²) < 4.78 is 0. The van der Waals surface area contributed by atoms with Gasteiger partial charge in [-0.2, -0.15) is 0 Å². The number of carbonyl (C=O) groups excluding carboxylic acids is 1. The van der Waals surface area contributed by atoms with Crippen LogP contribution in [0.3, 0.4) is 0 Å². The van der Waals surface area contributed by atoms with E-state index in [1.807, 2.05) is 0 Å². The molecule has 0 saturated heterocycles. The lowest BCUT2D eigenvalue weighted by molar-refractivity contribution is -0.384. The van der Waals surface area contributed by atoms with Crippen molar-refractivity contribution < 1.29 is 19.6 Å². The van der Waals surface area contributed by atoms with Crippen molar-refractivity contribution in [3.05, 3.63) is 81.5 Å². The molecule has 0 saturated carbocycles. The van der Waals surface area contributed by atoms with Crippen LogP contribution in [0.1, 0.15) is 22.8 Å². The number of aliphatic carboxylic acids is 1. The number of nitrogens with one attached hydrogen (secondary N) is 1. The van der Waals surface area contributed by atoms with Gasteiger partial charge in [-0.25, -0.2) is 4.79 Å². The molecular weight excluding hydrogens is 312 g/mol.